The van der Waals surface area contributed by atoms with Gasteiger partial charge in [0, 0.05) is 14.1 Å². The van der Waals surface area contributed by atoms with Crippen molar-refractivity contribution >= 4 is 17.8 Å². The van der Waals surface area contributed by atoms with Crippen molar-refractivity contribution < 1.29 is 19.5 Å². The summed E-state index contributed by atoms with van der Waals surface area (Å²) in [6.45, 7) is 1.22. The molecule has 76 valence electrons. The predicted molar refractivity (Wildman–Crippen MR) is 46.3 cm³/mol. The third kappa shape index (κ3) is 1.24. The molecule has 0 spiro atoms. The lowest BCUT2D eigenvalue weighted by molar-refractivity contribution is -0.134. The minimum atomic E-state index is -0.780. The summed E-state index contributed by atoms with van der Waals surface area (Å²) < 4.78 is 0. The Morgan fingerprint density at radius 1 is 1.07 bits per heavy atom. The first-order valence-corrected chi connectivity index (χ1v) is 3.87. The molecule has 14 heavy (non-hydrogen) atoms. The van der Waals surface area contributed by atoms with Crippen LogP contribution in [0.25, 0.3) is 0 Å². The highest BCUT2D eigenvalue weighted by Gasteiger charge is 2.39. The molecule has 1 heterocycles. The van der Waals surface area contributed by atoms with E-state index in [1.165, 1.54) is 21.0 Å². The Kier molecular flexibility index (Phi) is 2.29. The fourth-order valence-electron chi connectivity index (χ4n) is 1.14. The first-order valence-electron chi connectivity index (χ1n) is 3.87. The molecule has 6 nitrogen and oxygen atoms in total. The van der Waals surface area contributed by atoms with Crippen LogP contribution in [0, 0.1) is 0 Å². The lowest BCUT2D eigenvalue weighted by atomic mass is 10.1. The SMILES string of the molecule is CC(O)=C1C(=O)N(C)C(=O)N(C)C1=O. The molecule has 0 bridgehead atoms. The zero-order valence-corrected chi connectivity index (χ0v) is 8.07. The molecule has 1 aliphatic heterocycles. The largest absolute Gasteiger partial charge is 0.512 e. The van der Waals surface area contributed by atoms with Gasteiger partial charge in [0.2, 0.25) is 0 Å². The summed E-state index contributed by atoms with van der Waals surface area (Å²) in [5.41, 5.74) is -0.366. The number of hydrogen-bond donors (Lipinski definition) is 1. The fourth-order valence-corrected chi connectivity index (χ4v) is 1.14. The second-order valence-electron chi connectivity index (χ2n) is 2.97. The Hall–Kier alpha value is -1.85. The maximum atomic E-state index is 11.4. The minimum absolute atomic E-state index is 0.366. The van der Waals surface area contributed by atoms with Gasteiger partial charge in [0.25, 0.3) is 11.8 Å². The van der Waals surface area contributed by atoms with Crippen LogP contribution in [0.2, 0.25) is 0 Å². The second kappa shape index (κ2) is 3.13. The number of rotatable bonds is 0. The number of aliphatic hydroxyl groups is 1. The van der Waals surface area contributed by atoms with Gasteiger partial charge in [0.15, 0.2) is 0 Å². The van der Waals surface area contributed by atoms with Crippen LogP contribution in [0.5, 0.6) is 0 Å². The quantitative estimate of drug-likeness (QED) is 0.334. The van der Waals surface area contributed by atoms with Crippen molar-refractivity contribution in [2.24, 2.45) is 0 Å². The predicted octanol–water partition coefficient (Wildman–Crippen LogP) is -0.131. The number of urea groups is 1. The molecule has 0 aromatic heterocycles. The van der Waals surface area contributed by atoms with Crippen molar-refractivity contribution in [3.63, 3.8) is 0 Å². The molecule has 1 rings (SSSR count). The Balaban J connectivity index is 3.25. The van der Waals surface area contributed by atoms with Crippen LogP contribution in [0.4, 0.5) is 4.79 Å². The number of carbonyl (C=O) groups is 3. The highest BCUT2D eigenvalue weighted by molar-refractivity contribution is 6.28. The van der Waals surface area contributed by atoms with Gasteiger partial charge in [-0.1, -0.05) is 0 Å². The number of allylic oxidation sites excluding steroid dienone is 1. The van der Waals surface area contributed by atoms with E-state index < -0.39 is 17.8 Å². The van der Waals surface area contributed by atoms with Crippen molar-refractivity contribution in [3.8, 4) is 0 Å². The monoisotopic (exact) mass is 198 g/mol. The Labute approximate surface area is 80.4 Å². The van der Waals surface area contributed by atoms with E-state index in [0.29, 0.717) is 0 Å². The molecule has 1 N–H and O–H groups in total. The summed E-state index contributed by atoms with van der Waals surface area (Å²) in [5, 5.41) is 9.11. The summed E-state index contributed by atoms with van der Waals surface area (Å²) in [6, 6.07) is -0.704. The summed E-state index contributed by atoms with van der Waals surface area (Å²) in [5.74, 6) is -1.94. The summed E-state index contributed by atoms with van der Waals surface area (Å²) >= 11 is 0. The van der Waals surface area contributed by atoms with Crippen LogP contribution in [-0.2, 0) is 9.59 Å². The van der Waals surface area contributed by atoms with E-state index >= 15 is 0 Å². The van der Waals surface area contributed by atoms with Crippen LogP contribution < -0.4 is 0 Å². The Morgan fingerprint density at radius 2 is 1.43 bits per heavy atom. The molecular weight excluding hydrogens is 188 g/mol. The van der Waals surface area contributed by atoms with Crippen molar-refractivity contribution in [1.82, 2.24) is 9.80 Å². The Bertz CT molecular complexity index is 328. The van der Waals surface area contributed by atoms with Crippen molar-refractivity contribution in [1.29, 1.82) is 0 Å². The average Bonchev–Trinajstić information content (AvgIpc) is 2.11. The van der Waals surface area contributed by atoms with Gasteiger partial charge in [-0.2, -0.15) is 0 Å². The molecule has 0 unspecified atom stereocenters. The van der Waals surface area contributed by atoms with Gasteiger partial charge in [-0.3, -0.25) is 19.4 Å². The van der Waals surface area contributed by atoms with Gasteiger partial charge in [0.05, 0.1) is 0 Å². The Morgan fingerprint density at radius 3 is 1.71 bits per heavy atom. The van der Waals surface area contributed by atoms with Gasteiger partial charge in [-0.05, 0) is 6.92 Å². The second-order valence-corrected chi connectivity index (χ2v) is 2.97. The van der Waals surface area contributed by atoms with Crippen LogP contribution in [0.3, 0.4) is 0 Å². The number of carbonyl (C=O) groups excluding carboxylic acids is 3. The molecule has 0 saturated carbocycles. The van der Waals surface area contributed by atoms with E-state index in [9.17, 15) is 14.4 Å². The lowest BCUT2D eigenvalue weighted by Crippen LogP contribution is -2.53. The van der Waals surface area contributed by atoms with E-state index in [1.54, 1.807) is 0 Å². The highest BCUT2D eigenvalue weighted by atomic mass is 16.3. The molecule has 0 aromatic carbocycles. The fraction of sp³-hybridized carbons (Fsp3) is 0.375. The van der Waals surface area contributed by atoms with Crippen molar-refractivity contribution in [2.45, 2.75) is 6.92 Å². The number of aliphatic hydroxyl groups excluding tert-OH is 1. The van der Waals surface area contributed by atoms with Crippen LogP contribution >= 0.6 is 0 Å². The van der Waals surface area contributed by atoms with E-state index in [1.807, 2.05) is 0 Å². The smallest absolute Gasteiger partial charge is 0.333 e. The summed E-state index contributed by atoms with van der Waals surface area (Å²) in [6.07, 6.45) is 0. The normalized spacial score (nSPS) is 17.9. The zero-order chi connectivity index (χ0) is 11.0. The molecule has 1 aliphatic rings. The van der Waals surface area contributed by atoms with Gasteiger partial charge in [0.1, 0.15) is 11.3 Å². The molecule has 0 atom stereocenters. The molecule has 1 fully saturated rings. The first-order chi connectivity index (χ1) is 6.37. The third-order valence-corrected chi connectivity index (χ3v) is 1.97. The molecule has 1 saturated heterocycles. The van der Waals surface area contributed by atoms with Crippen molar-refractivity contribution in [3.05, 3.63) is 11.3 Å². The van der Waals surface area contributed by atoms with Crippen molar-refractivity contribution in [2.75, 3.05) is 14.1 Å². The minimum Gasteiger partial charge on any atom is -0.512 e. The number of hydrogen-bond acceptors (Lipinski definition) is 4. The number of barbiturate groups is 1. The number of likely N-dealkylation sites (N-methyl/N-ethyl adjacent to an activating group) is 2. The van der Waals surface area contributed by atoms with Gasteiger partial charge < -0.3 is 5.11 Å². The number of amides is 4. The molecule has 0 aliphatic carbocycles. The maximum Gasteiger partial charge on any atom is 0.333 e. The van der Waals surface area contributed by atoms with Gasteiger partial charge in [-0.25, -0.2) is 4.79 Å². The van der Waals surface area contributed by atoms with Crippen LogP contribution in [-0.4, -0.2) is 46.8 Å². The summed E-state index contributed by atoms with van der Waals surface area (Å²) in [4.78, 5) is 35.5. The maximum absolute atomic E-state index is 11.4. The van der Waals surface area contributed by atoms with E-state index in [4.69, 9.17) is 5.11 Å². The standard InChI is InChI=1S/C8H10N2O4/c1-4(11)5-6(12)9(2)8(14)10(3)7(5)13/h11H,1-3H3. The van der Waals surface area contributed by atoms with E-state index in [-0.39, 0.29) is 11.3 Å². The molecule has 4 amide bonds. The third-order valence-electron chi connectivity index (χ3n) is 1.97. The number of nitrogens with zero attached hydrogens (tertiary/aromatic N) is 2. The van der Waals surface area contributed by atoms with E-state index in [2.05, 4.69) is 0 Å². The van der Waals surface area contributed by atoms with Crippen LogP contribution in [0.1, 0.15) is 6.92 Å². The van der Waals surface area contributed by atoms with Gasteiger partial charge in [-0.15, -0.1) is 0 Å². The molecular formula is C8H10N2O4. The molecule has 0 radical (unpaired) electrons. The topological polar surface area (TPSA) is 77.9 Å². The summed E-state index contributed by atoms with van der Waals surface area (Å²) in [7, 11) is 2.49. The average molecular weight is 198 g/mol. The van der Waals surface area contributed by atoms with E-state index in [0.717, 1.165) is 9.80 Å². The van der Waals surface area contributed by atoms with Crippen LogP contribution in [0.15, 0.2) is 11.3 Å². The molecule has 0 aromatic rings. The molecule has 6 heteroatoms. The highest BCUT2D eigenvalue weighted by Crippen LogP contribution is 2.16. The zero-order valence-electron chi connectivity index (χ0n) is 8.07. The first kappa shape index (κ1) is 10.2. The van der Waals surface area contributed by atoms with Gasteiger partial charge >= 0.3 is 6.03 Å². The lowest BCUT2D eigenvalue weighted by Gasteiger charge is -2.28. The number of imide groups is 2.